The number of ether oxygens (including phenoxy) is 1. The van der Waals surface area contributed by atoms with Crippen LogP contribution in [0.3, 0.4) is 0 Å². The minimum absolute atomic E-state index is 0.0391. The molecule has 1 heterocycles. The van der Waals surface area contributed by atoms with Crippen molar-refractivity contribution in [1.29, 1.82) is 0 Å². The largest absolute Gasteiger partial charge is 0.459 e. The van der Waals surface area contributed by atoms with E-state index in [9.17, 15) is 18.8 Å². The van der Waals surface area contributed by atoms with Gasteiger partial charge in [-0.1, -0.05) is 0 Å². The first-order valence-electron chi connectivity index (χ1n) is 7.28. The lowest BCUT2D eigenvalue weighted by atomic mass is 10.2. The Morgan fingerprint density at radius 2 is 1.96 bits per heavy atom. The summed E-state index contributed by atoms with van der Waals surface area (Å²) >= 11 is 0. The molecule has 0 radical (unpaired) electrons. The number of amides is 1. The Kier molecular flexibility index (Phi) is 5.46. The topological polar surface area (TPSA) is 95.2 Å². The third kappa shape index (κ3) is 3.86. The van der Waals surface area contributed by atoms with Gasteiger partial charge in [-0.05, 0) is 31.2 Å². The highest BCUT2D eigenvalue weighted by atomic mass is 19.1. The van der Waals surface area contributed by atoms with Crippen LogP contribution in [0.1, 0.15) is 6.92 Å². The average Bonchev–Trinajstić information content (AvgIpc) is 2.84. The maximum atomic E-state index is 13.0. The summed E-state index contributed by atoms with van der Waals surface area (Å²) < 4.78 is 20.0. The third-order valence-electron chi connectivity index (χ3n) is 3.21. The van der Waals surface area contributed by atoms with Gasteiger partial charge in [0.05, 0.1) is 13.2 Å². The number of benzene rings is 1. The fourth-order valence-corrected chi connectivity index (χ4v) is 2.03. The molecule has 0 atom stereocenters. The van der Waals surface area contributed by atoms with Crippen molar-refractivity contribution in [1.82, 2.24) is 19.7 Å². The van der Waals surface area contributed by atoms with Gasteiger partial charge in [-0.15, -0.1) is 5.10 Å². The van der Waals surface area contributed by atoms with Crippen LogP contribution in [0.25, 0.3) is 11.4 Å². The highest BCUT2D eigenvalue weighted by Crippen LogP contribution is 2.15. The molecular formula is C15H17FN4O4. The lowest BCUT2D eigenvalue weighted by molar-refractivity contribution is -0.154. The number of aromatic nitrogens is 3. The van der Waals surface area contributed by atoms with E-state index in [2.05, 4.69) is 15.2 Å². The summed E-state index contributed by atoms with van der Waals surface area (Å²) in [5, 5.41) is 6.51. The Morgan fingerprint density at radius 3 is 2.58 bits per heavy atom. The van der Waals surface area contributed by atoms with Gasteiger partial charge in [-0.3, -0.25) is 9.36 Å². The lowest BCUT2D eigenvalue weighted by Crippen LogP contribution is -2.36. The van der Waals surface area contributed by atoms with Crippen molar-refractivity contribution >= 4 is 11.9 Å². The quantitative estimate of drug-likeness (QED) is 0.616. The predicted octanol–water partition coefficient (Wildman–Crippen LogP) is 0.0672. The smallest absolute Gasteiger partial charge is 0.396 e. The zero-order valence-electron chi connectivity index (χ0n) is 13.3. The highest BCUT2D eigenvalue weighted by Gasteiger charge is 2.15. The van der Waals surface area contributed by atoms with Gasteiger partial charge in [0.1, 0.15) is 5.82 Å². The van der Waals surface area contributed by atoms with E-state index >= 15 is 0 Å². The molecule has 0 saturated carbocycles. The van der Waals surface area contributed by atoms with Crippen LogP contribution < -0.4 is 11.0 Å². The molecule has 0 aliphatic heterocycles. The Labute approximate surface area is 136 Å². The summed E-state index contributed by atoms with van der Waals surface area (Å²) in [4.78, 5) is 34.7. The first-order valence-corrected chi connectivity index (χ1v) is 7.28. The van der Waals surface area contributed by atoms with E-state index in [-0.39, 0.29) is 31.2 Å². The van der Waals surface area contributed by atoms with Crippen LogP contribution in [-0.2, 0) is 27.9 Å². The Morgan fingerprint density at radius 1 is 1.29 bits per heavy atom. The molecule has 0 aliphatic carbocycles. The summed E-state index contributed by atoms with van der Waals surface area (Å²) in [5.41, 5.74) is 0.199. The first kappa shape index (κ1) is 17.4. The van der Waals surface area contributed by atoms with Gasteiger partial charge in [0.15, 0.2) is 5.82 Å². The molecule has 9 heteroatoms. The van der Waals surface area contributed by atoms with E-state index in [4.69, 9.17) is 0 Å². The number of rotatable bonds is 5. The summed E-state index contributed by atoms with van der Waals surface area (Å²) in [7, 11) is 1.54. The van der Waals surface area contributed by atoms with Crippen LogP contribution in [0.2, 0.25) is 0 Å². The molecule has 1 N–H and O–H groups in total. The minimum Gasteiger partial charge on any atom is -0.459 e. The van der Waals surface area contributed by atoms with Gasteiger partial charge in [-0.25, -0.2) is 18.7 Å². The van der Waals surface area contributed by atoms with E-state index in [1.807, 2.05) is 0 Å². The van der Waals surface area contributed by atoms with Gasteiger partial charge in [-0.2, -0.15) is 0 Å². The molecule has 0 aliphatic rings. The molecule has 1 amide bonds. The van der Waals surface area contributed by atoms with Crippen molar-refractivity contribution in [2.45, 2.75) is 13.5 Å². The summed E-state index contributed by atoms with van der Waals surface area (Å²) in [6.45, 7) is 1.82. The number of hydrogen-bond acceptors (Lipinski definition) is 5. The standard InChI is InChI=1S/C15H17FN4O4/c1-3-24-14(22)13(21)17-8-9-20-15(23)19(2)12(18-20)10-4-6-11(16)7-5-10/h4-7H,3,8-9H2,1-2H3,(H,17,21). The second-order valence-corrected chi connectivity index (χ2v) is 4.87. The van der Waals surface area contributed by atoms with Gasteiger partial charge in [0, 0.05) is 19.2 Å². The number of hydrogen-bond donors (Lipinski definition) is 1. The molecule has 128 valence electrons. The molecule has 2 rings (SSSR count). The second kappa shape index (κ2) is 7.53. The number of halogens is 1. The van der Waals surface area contributed by atoms with Crippen molar-refractivity contribution in [3.05, 3.63) is 40.6 Å². The van der Waals surface area contributed by atoms with Crippen LogP contribution >= 0.6 is 0 Å². The molecule has 8 nitrogen and oxygen atoms in total. The fraction of sp³-hybridized carbons (Fsp3) is 0.333. The van der Waals surface area contributed by atoms with Crippen molar-refractivity contribution < 1.29 is 18.7 Å². The van der Waals surface area contributed by atoms with Crippen LogP contribution in [0.5, 0.6) is 0 Å². The minimum atomic E-state index is -0.974. The lowest BCUT2D eigenvalue weighted by Gasteiger charge is -2.03. The molecule has 1 aromatic carbocycles. The predicted molar refractivity (Wildman–Crippen MR) is 82.5 cm³/mol. The van der Waals surface area contributed by atoms with Crippen molar-refractivity contribution in [3.63, 3.8) is 0 Å². The summed E-state index contributed by atoms with van der Waals surface area (Å²) in [5.74, 6) is -1.86. The fourth-order valence-electron chi connectivity index (χ4n) is 2.03. The molecule has 0 spiro atoms. The highest BCUT2D eigenvalue weighted by molar-refractivity contribution is 6.32. The van der Waals surface area contributed by atoms with E-state index in [0.29, 0.717) is 11.4 Å². The summed E-state index contributed by atoms with van der Waals surface area (Å²) in [6.07, 6.45) is 0. The molecule has 0 unspecified atom stereocenters. The zero-order valence-corrected chi connectivity index (χ0v) is 13.3. The normalized spacial score (nSPS) is 10.5. The molecule has 24 heavy (non-hydrogen) atoms. The average molecular weight is 336 g/mol. The van der Waals surface area contributed by atoms with E-state index in [0.717, 1.165) is 4.68 Å². The number of esters is 1. The van der Waals surface area contributed by atoms with Gasteiger partial charge in [0.25, 0.3) is 0 Å². The molecule has 0 bridgehead atoms. The molecule has 1 aromatic heterocycles. The van der Waals surface area contributed by atoms with Gasteiger partial charge >= 0.3 is 17.6 Å². The Bertz CT molecular complexity index is 795. The molecule has 0 saturated heterocycles. The van der Waals surface area contributed by atoms with Gasteiger partial charge < -0.3 is 10.1 Å². The van der Waals surface area contributed by atoms with E-state index < -0.39 is 11.9 Å². The molecule has 0 fully saturated rings. The zero-order chi connectivity index (χ0) is 17.7. The number of nitrogens with one attached hydrogen (secondary N) is 1. The second-order valence-electron chi connectivity index (χ2n) is 4.87. The Hall–Kier alpha value is -2.97. The van der Waals surface area contributed by atoms with E-state index in [1.54, 1.807) is 14.0 Å². The van der Waals surface area contributed by atoms with Crippen LogP contribution in [0, 0.1) is 5.82 Å². The SMILES string of the molecule is CCOC(=O)C(=O)NCCn1nc(-c2ccc(F)cc2)n(C)c1=O. The van der Waals surface area contributed by atoms with Crippen LogP contribution in [0.15, 0.2) is 29.1 Å². The number of carbonyl (C=O) groups is 2. The third-order valence-corrected chi connectivity index (χ3v) is 3.21. The Balaban J connectivity index is 2.06. The van der Waals surface area contributed by atoms with Crippen molar-refractivity contribution in [2.24, 2.45) is 7.05 Å². The number of nitrogens with zero attached hydrogens (tertiary/aromatic N) is 3. The van der Waals surface area contributed by atoms with Crippen molar-refractivity contribution in [3.8, 4) is 11.4 Å². The summed E-state index contributed by atoms with van der Waals surface area (Å²) in [6, 6.07) is 5.59. The van der Waals surface area contributed by atoms with Gasteiger partial charge in [0.2, 0.25) is 0 Å². The monoisotopic (exact) mass is 336 g/mol. The van der Waals surface area contributed by atoms with Crippen LogP contribution in [-0.4, -0.2) is 39.4 Å². The van der Waals surface area contributed by atoms with Crippen molar-refractivity contribution in [2.75, 3.05) is 13.2 Å². The number of carbonyl (C=O) groups excluding carboxylic acids is 2. The van der Waals surface area contributed by atoms with E-state index in [1.165, 1.54) is 28.8 Å². The maximum absolute atomic E-state index is 13.0. The first-order chi connectivity index (χ1) is 11.4. The maximum Gasteiger partial charge on any atom is 0.396 e. The molecule has 2 aromatic rings. The van der Waals surface area contributed by atoms with Crippen LogP contribution in [0.4, 0.5) is 4.39 Å². The molecular weight excluding hydrogens is 319 g/mol.